The van der Waals surface area contributed by atoms with Gasteiger partial charge >= 0.3 is 0 Å². The molecule has 0 amide bonds. The number of nitrogens with one attached hydrogen (secondary N) is 2. The number of rotatable bonds is 7. The van der Waals surface area contributed by atoms with Gasteiger partial charge in [0.25, 0.3) is 0 Å². The maximum atomic E-state index is 4.35. The van der Waals surface area contributed by atoms with E-state index in [-0.39, 0.29) is 4.75 Å². The predicted molar refractivity (Wildman–Crippen MR) is 117 cm³/mol. The van der Waals surface area contributed by atoms with Gasteiger partial charge in [0.1, 0.15) is 0 Å². The molecule has 0 radical (unpaired) electrons. The Bertz CT molecular complexity index is 553. The fourth-order valence-electron chi connectivity index (χ4n) is 3.02. The molecule has 0 aliphatic carbocycles. The number of anilines is 1. The zero-order valence-electron chi connectivity index (χ0n) is 17.0. The molecule has 0 bridgehead atoms. The molecule has 1 atom stereocenters. The van der Waals surface area contributed by atoms with Gasteiger partial charge in [0.15, 0.2) is 5.96 Å². The minimum Gasteiger partial charge on any atom is -0.369 e. The number of guanidine groups is 1. The summed E-state index contributed by atoms with van der Waals surface area (Å²) in [6, 6.07) is 11.2. The molecule has 0 spiro atoms. The summed E-state index contributed by atoms with van der Waals surface area (Å²) in [4.78, 5) is 9.39. The highest BCUT2D eigenvalue weighted by Crippen LogP contribution is 2.19. The lowest BCUT2D eigenvalue weighted by molar-refractivity contribution is 0.197. The Hall–Kier alpha value is -1.40. The molecule has 6 heteroatoms. The number of hydrogen-bond acceptors (Lipinski definition) is 4. The molecular weight excluding hydrogens is 342 g/mol. The van der Waals surface area contributed by atoms with E-state index in [1.165, 1.54) is 5.69 Å². The van der Waals surface area contributed by atoms with Crippen molar-refractivity contribution in [2.45, 2.75) is 31.6 Å². The summed E-state index contributed by atoms with van der Waals surface area (Å²) >= 11 is 1.87. The quantitative estimate of drug-likeness (QED) is 0.565. The second-order valence-corrected chi connectivity index (χ2v) is 8.99. The monoisotopic (exact) mass is 377 g/mol. The number of nitrogens with zero attached hydrogens (tertiary/aromatic N) is 3. The van der Waals surface area contributed by atoms with Gasteiger partial charge in [-0.25, -0.2) is 0 Å². The Morgan fingerprint density at radius 2 is 1.81 bits per heavy atom. The average molecular weight is 378 g/mol. The van der Waals surface area contributed by atoms with E-state index in [2.05, 4.69) is 82.8 Å². The van der Waals surface area contributed by atoms with Crippen LogP contribution in [-0.2, 0) is 0 Å². The average Bonchev–Trinajstić information content (AvgIpc) is 2.68. The number of aliphatic imine (C=N–C) groups is 1. The first-order valence-corrected chi connectivity index (χ1v) is 10.7. The van der Waals surface area contributed by atoms with Crippen LogP contribution >= 0.6 is 11.8 Å². The zero-order chi connectivity index (χ0) is 19.0. The van der Waals surface area contributed by atoms with Gasteiger partial charge in [0, 0.05) is 62.8 Å². The molecule has 1 fully saturated rings. The fraction of sp³-hybridized carbons (Fsp3) is 0.650. The highest BCUT2D eigenvalue weighted by atomic mass is 32.2. The predicted octanol–water partition coefficient (Wildman–Crippen LogP) is 2.50. The second kappa shape index (κ2) is 10.1. The number of benzene rings is 1. The van der Waals surface area contributed by atoms with E-state index in [1.54, 1.807) is 0 Å². The van der Waals surface area contributed by atoms with Crippen molar-refractivity contribution in [2.75, 3.05) is 57.5 Å². The molecule has 146 valence electrons. The molecule has 0 aromatic heterocycles. The summed E-state index contributed by atoms with van der Waals surface area (Å²) in [5.74, 6) is 0.891. The van der Waals surface area contributed by atoms with Crippen LogP contribution in [0.15, 0.2) is 35.3 Å². The van der Waals surface area contributed by atoms with Gasteiger partial charge in [-0.1, -0.05) is 18.2 Å². The number of thioether (sulfide) groups is 1. The lowest BCUT2D eigenvalue weighted by atomic mass is 10.2. The third-order valence-electron chi connectivity index (χ3n) is 5.08. The van der Waals surface area contributed by atoms with Crippen LogP contribution < -0.4 is 15.5 Å². The van der Waals surface area contributed by atoms with Crippen molar-refractivity contribution in [1.82, 2.24) is 15.5 Å². The minimum absolute atomic E-state index is 0.205. The van der Waals surface area contributed by atoms with Crippen LogP contribution in [0.3, 0.4) is 0 Å². The summed E-state index contributed by atoms with van der Waals surface area (Å²) < 4.78 is 0.205. The lowest BCUT2D eigenvalue weighted by Gasteiger charge is -2.39. The van der Waals surface area contributed by atoms with E-state index in [1.807, 2.05) is 18.8 Å². The Morgan fingerprint density at radius 3 is 2.38 bits per heavy atom. The third kappa shape index (κ3) is 6.40. The number of para-hydroxylation sites is 1. The van der Waals surface area contributed by atoms with Gasteiger partial charge in [0.05, 0.1) is 0 Å². The molecule has 1 aliphatic rings. The van der Waals surface area contributed by atoms with Crippen LogP contribution in [0, 0.1) is 0 Å². The van der Waals surface area contributed by atoms with Crippen molar-refractivity contribution in [3.63, 3.8) is 0 Å². The van der Waals surface area contributed by atoms with Crippen molar-refractivity contribution in [3.8, 4) is 0 Å². The second-order valence-electron chi connectivity index (χ2n) is 7.48. The van der Waals surface area contributed by atoms with Crippen molar-refractivity contribution in [3.05, 3.63) is 30.3 Å². The van der Waals surface area contributed by atoms with E-state index < -0.39 is 0 Å². The van der Waals surface area contributed by atoms with Crippen molar-refractivity contribution in [1.29, 1.82) is 0 Å². The molecule has 5 nitrogen and oxygen atoms in total. The van der Waals surface area contributed by atoms with Crippen molar-refractivity contribution >= 4 is 23.4 Å². The van der Waals surface area contributed by atoms with Gasteiger partial charge < -0.3 is 15.5 Å². The molecule has 2 rings (SSSR count). The van der Waals surface area contributed by atoms with Gasteiger partial charge in [-0.15, -0.1) is 0 Å². The number of piperazine rings is 1. The van der Waals surface area contributed by atoms with Crippen molar-refractivity contribution in [2.24, 2.45) is 4.99 Å². The molecule has 1 aromatic rings. The normalized spacial score (nSPS) is 17.9. The summed E-state index contributed by atoms with van der Waals surface area (Å²) in [5.41, 5.74) is 1.33. The summed E-state index contributed by atoms with van der Waals surface area (Å²) in [7, 11) is 1.84. The molecule has 1 unspecified atom stereocenters. The molecule has 0 saturated carbocycles. The summed E-state index contributed by atoms with van der Waals surface area (Å²) in [6.07, 6.45) is 2.15. The molecule has 1 saturated heterocycles. The van der Waals surface area contributed by atoms with Gasteiger partial charge in [-0.3, -0.25) is 9.89 Å². The summed E-state index contributed by atoms with van der Waals surface area (Å²) in [5, 5.41) is 6.92. The Labute approximate surface area is 163 Å². The van der Waals surface area contributed by atoms with E-state index >= 15 is 0 Å². The standard InChI is InChI=1S/C20H35N5S/c1-17(15-22-19(21-4)23-16-20(2,3)26-5)24-11-13-25(14-12-24)18-9-7-6-8-10-18/h6-10,17H,11-16H2,1-5H3,(H2,21,22,23). The van der Waals surface area contributed by atoms with Crippen LogP contribution in [-0.4, -0.2) is 74.2 Å². The van der Waals surface area contributed by atoms with Crippen LogP contribution in [0.2, 0.25) is 0 Å². The SMILES string of the molecule is CN=C(NCC(C)N1CCN(c2ccccc2)CC1)NCC(C)(C)SC. The van der Waals surface area contributed by atoms with Crippen LogP contribution in [0.25, 0.3) is 0 Å². The molecule has 1 aromatic carbocycles. The van der Waals surface area contributed by atoms with Crippen LogP contribution in [0.5, 0.6) is 0 Å². The van der Waals surface area contributed by atoms with Gasteiger partial charge in [0.2, 0.25) is 0 Å². The van der Waals surface area contributed by atoms with Crippen LogP contribution in [0.1, 0.15) is 20.8 Å². The molecular formula is C20H35N5S. The van der Waals surface area contributed by atoms with E-state index in [9.17, 15) is 0 Å². The summed E-state index contributed by atoms with van der Waals surface area (Å²) in [6.45, 7) is 13.0. The Kier molecular flexibility index (Phi) is 8.10. The van der Waals surface area contributed by atoms with E-state index in [4.69, 9.17) is 0 Å². The zero-order valence-corrected chi connectivity index (χ0v) is 17.8. The topological polar surface area (TPSA) is 42.9 Å². The Morgan fingerprint density at radius 1 is 1.15 bits per heavy atom. The lowest BCUT2D eigenvalue weighted by Crippen LogP contribution is -2.53. The van der Waals surface area contributed by atoms with Crippen molar-refractivity contribution < 1.29 is 0 Å². The number of hydrogen-bond donors (Lipinski definition) is 2. The largest absolute Gasteiger partial charge is 0.369 e. The highest BCUT2D eigenvalue weighted by Gasteiger charge is 2.21. The molecule has 2 N–H and O–H groups in total. The van der Waals surface area contributed by atoms with E-state index in [0.29, 0.717) is 6.04 Å². The molecule has 1 aliphatic heterocycles. The maximum Gasteiger partial charge on any atom is 0.191 e. The highest BCUT2D eigenvalue weighted by molar-refractivity contribution is 7.99. The molecule has 26 heavy (non-hydrogen) atoms. The van der Waals surface area contributed by atoms with Crippen LogP contribution in [0.4, 0.5) is 5.69 Å². The maximum absolute atomic E-state index is 4.35. The fourth-order valence-corrected chi connectivity index (χ4v) is 3.24. The van der Waals surface area contributed by atoms with Gasteiger partial charge in [-0.2, -0.15) is 11.8 Å². The Balaban J connectivity index is 1.73. The first-order chi connectivity index (χ1) is 12.4. The first kappa shape index (κ1) is 20.9. The first-order valence-electron chi connectivity index (χ1n) is 9.49. The van der Waals surface area contributed by atoms with Gasteiger partial charge in [-0.05, 0) is 39.2 Å². The minimum atomic E-state index is 0.205. The van der Waals surface area contributed by atoms with E-state index in [0.717, 1.165) is 45.2 Å². The third-order valence-corrected chi connectivity index (χ3v) is 6.33. The smallest absolute Gasteiger partial charge is 0.191 e. The molecule has 1 heterocycles.